The normalized spacial score (nSPS) is 15.7. The van der Waals surface area contributed by atoms with Crippen LogP contribution in [0.5, 0.6) is 0 Å². The molecule has 4 rings (SSSR count). The van der Waals surface area contributed by atoms with Crippen LogP contribution in [0.2, 0.25) is 5.02 Å². The number of anilines is 2. The number of benzene rings is 3. The minimum absolute atomic E-state index is 0.338. The largest absolute Gasteiger partial charge is 0.321 e. The Morgan fingerprint density at radius 2 is 1.73 bits per heavy atom. The van der Waals surface area contributed by atoms with Gasteiger partial charge in [-0.15, -0.1) is 0 Å². The number of carbonyl (C=O) groups excluding carboxylic acids is 2. The predicted molar refractivity (Wildman–Crippen MR) is 119 cm³/mol. The molecule has 30 heavy (non-hydrogen) atoms. The average Bonchev–Trinajstić information content (AvgIpc) is 2.85. The topological polar surface area (TPSA) is 73.8 Å². The van der Waals surface area contributed by atoms with Crippen molar-refractivity contribution >= 4 is 40.6 Å². The van der Waals surface area contributed by atoms with E-state index in [0.29, 0.717) is 16.4 Å². The fraction of sp³-hybridized carbons (Fsp3) is 0.0870. The first-order chi connectivity index (χ1) is 14.5. The molecule has 3 aromatic carbocycles. The molecule has 1 heterocycles. The van der Waals surface area contributed by atoms with E-state index in [-0.39, 0.29) is 5.91 Å². The Hall–Kier alpha value is -3.64. The van der Waals surface area contributed by atoms with E-state index in [4.69, 9.17) is 11.6 Å². The predicted octanol–water partition coefficient (Wildman–Crippen LogP) is 4.30. The number of para-hydroxylation sites is 1. The third kappa shape index (κ3) is 4.04. The first-order valence-corrected chi connectivity index (χ1v) is 9.74. The highest BCUT2D eigenvalue weighted by Crippen LogP contribution is 2.27. The fourth-order valence-corrected chi connectivity index (χ4v) is 3.49. The van der Waals surface area contributed by atoms with Crippen molar-refractivity contribution in [3.63, 3.8) is 0 Å². The summed E-state index contributed by atoms with van der Waals surface area (Å²) in [6.07, 6.45) is -1.09. The fourth-order valence-electron chi connectivity index (χ4n) is 3.30. The number of benzodiazepines with no additional fused rings is 1. The van der Waals surface area contributed by atoms with Crippen LogP contribution in [0.25, 0.3) is 0 Å². The van der Waals surface area contributed by atoms with E-state index in [1.165, 1.54) is 4.90 Å². The van der Waals surface area contributed by atoms with Crippen LogP contribution in [-0.2, 0) is 4.79 Å². The lowest BCUT2D eigenvalue weighted by Gasteiger charge is -2.21. The van der Waals surface area contributed by atoms with Gasteiger partial charge in [0.15, 0.2) is 0 Å². The van der Waals surface area contributed by atoms with Crippen LogP contribution in [-0.4, -0.2) is 30.9 Å². The Labute approximate surface area is 179 Å². The van der Waals surface area contributed by atoms with E-state index >= 15 is 0 Å². The molecule has 2 N–H and O–H groups in total. The van der Waals surface area contributed by atoms with Gasteiger partial charge in [0.2, 0.25) is 6.17 Å². The number of urea groups is 1. The number of carbonyl (C=O) groups is 2. The Balaban J connectivity index is 1.69. The second-order valence-corrected chi connectivity index (χ2v) is 7.21. The van der Waals surface area contributed by atoms with Crippen molar-refractivity contribution in [2.75, 3.05) is 17.3 Å². The molecule has 0 radical (unpaired) electrons. The molecule has 1 aliphatic rings. The van der Waals surface area contributed by atoms with Crippen molar-refractivity contribution < 1.29 is 9.59 Å². The number of fused-ring (bicyclic) bond motifs is 1. The highest BCUT2D eigenvalue weighted by molar-refractivity contribution is 6.30. The maximum Gasteiger partial charge on any atom is 0.321 e. The minimum Gasteiger partial charge on any atom is -0.311 e. The summed E-state index contributed by atoms with van der Waals surface area (Å²) < 4.78 is 0. The summed E-state index contributed by atoms with van der Waals surface area (Å²) in [5.41, 5.74) is 3.56. The number of aliphatic imine (C=N–C) groups is 1. The second-order valence-electron chi connectivity index (χ2n) is 6.77. The lowest BCUT2D eigenvalue weighted by molar-refractivity contribution is -0.119. The molecule has 150 valence electrons. The van der Waals surface area contributed by atoms with E-state index < -0.39 is 12.2 Å². The van der Waals surface area contributed by atoms with Crippen LogP contribution in [0.1, 0.15) is 11.1 Å². The molecule has 0 unspecified atom stereocenters. The van der Waals surface area contributed by atoms with Crippen LogP contribution in [0.15, 0.2) is 83.9 Å². The van der Waals surface area contributed by atoms with Crippen LogP contribution >= 0.6 is 11.6 Å². The Morgan fingerprint density at radius 3 is 2.50 bits per heavy atom. The molecule has 7 heteroatoms. The Bertz CT molecular complexity index is 1130. The summed E-state index contributed by atoms with van der Waals surface area (Å²) >= 11 is 5.97. The van der Waals surface area contributed by atoms with Crippen LogP contribution < -0.4 is 15.5 Å². The number of hydrogen-bond donors (Lipinski definition) is 2. The summed E-state index contributed by atoms with van der Waals surface area (Å²) in [6.45, 7) is 0. The second kappa shape index (κ2) is 8.39. The summed E-state index contributed by atoms with van der Waals surface area (Å²) in [5.74, 6) is -0.338. The molecule has 0 aromatic heterocycles. The average molecular weight is 419 g/mol. The van der Waals surface area contributed by atoms with Crippen molar-refractivity contribution in [1.29, 1.82) is 0 Å². The van der Waals surface area contributed by atoms with Crippen LogP contribution in [0.4, 0.5) is 16.2 Å². The minimum atomic E-state index is -1.09. The lowest BCUT2D eigenvalue weighted by Crippen LogP contribution is -2.47. The van der Waals surface area contributed by atoms with Gasteiger partial charge in [-0.05, 0) is 24.3 Å². The molecule has 1 atom stereocenters. The van der Waals surface area contributed by atoms with E-state index in [0.717, 1.165) is 16.8 Å². The van der Waals surface area contributed by atoms with Crippen molar-refractivity contribution in [3.05, 3.63) is 95.0 Å². The van der Waals surface area contributed by atoms with Crippen molar-refractivity contribution in [1.82, 2.24) is 5.32 Å². The van der Waals surface area contributed by atoms with E-state index in [1.54, 1.807) is 31.3 Å². The van der Waals surface area contributed by atoms with Gasteiger partial charge >= 0.3 is 6.03 Å². The number of likely N-dealkylation sites (N-methyl/N-ethyl adjacent to an activating group) is 1. The maximum atomic E-state index is 13.1. The van der Waals surface area contributed by atoms with Gasteiger partial charge in [0, 0.05) is 28.9 Å². The standard InChI is InChI=1S/C23H19ClN4O2/c1-28-19-13-6-5-12-18(19)20(15-8-3-2-4-9-15)26-21(22(28)29)27-23(30)25-17-11-7-10-16(24)14-17/h2-14,21H,1H3,(H2,25,27,30)/t21-/m1/s1. The summed E-state index contributed by atoms with van der Waals surface area (Å²) in [5, 5.41) is 5.85. The smallest absolute Gasteiger partial charge is 0.311 e. The molecule has 0 spiro atoms. The molecule has 0 aliphatic carbocycles. The zero-order valence-electron chi connectivity index (χ0n) is 16.2. The van der Waals surface area contributed by atoms with Crippen LogP contribution in [0.3, 0.4) is 0 Å². The number of nitrogens with one attached hydrogen (secondary N) is 2. The zero-order chi connectivity index (χ0) is 21.1. The third-order valence-electron chi connectivity index (χ3n) is 4.74. The molecule has 0 fully saturated rings. The van der Waals surface area contributed by atoms with E-state index in [1.807, 2.05) is 54.6 Å². The van der Waals surface area contributed by atoms with Crippen LogP contribution in [0, 0.1) is 0 Å². The van der Waals surface area contributed by atoms with Crippen molar-refractivity contribution in [3.8, 4) is 0 Å². The van der Waals surface area contributed by atoms with Gasteiger partial charge in [0.1, 0.15) is 0 Å². The molecule has 3 aromatic rings. The Morgan fingerprint density at radius 1 is 1.00 bits per heavy atom. The number of amides is 3. The molecular weight excluding hydrogens is 400 g/mol. The van der Waals surface area contributed by atoms with Crippen molar-refractivity contribution in [2.24, 2.45) is 4.99 Å². The van der Waals surface area contributed by atoms with E-state index in [9.17, 15) is 9.59 Å². The van der Waals surface area contributed by atoms with Gasteiger partial charge in [0.25, 0.3) is 5.91 Å². The molecule has 6 nitrogen and oxygen atoms in total. The SMILES string of the molecule is CN1C(=O)[C@@H](NC(=O)Nc2cccc(Cl)c2)N=C(c2ccccc2)c2ccccc21. The highest BCUT2D eigenvalue weighted by atomic mass is 35.5. The molecule has 0 saturated carbocycles. The molecule has 1 aliphatic heterocycles. The van der Waals surface area contributed by atoms with Gasteiger partial charge in [-0.2, -0.15) is 0 Å². The molecule has 3 amide bonds. The van der Waals surface area contributed by atoms with Gasteiger partial charge in [-0.25, -0.2) is 9.79 Å². The summed E-state index contributed by atoms with van der Waals surface area (Å²) in [4.78, 5) is 31.8. The monoisotopic (exact) mass is 418 g/mol. The van der Waals surface area contributed by atoms with Crippen molar-refractivity contribution in [2.45, 2.75) is 6.17 Å². The maximum absolute atomic E-state index is 13.1. The first kappa shape index (κ1) is 19.7. The molecule has 0 saturated heterocycles. The lowest BCUT2D eigenvalue weighted by atomic mass is 10.0. The zero-order valence-corrected chi connectivity index (χ0v) is 16.9. The summed E-state index contributed by atoms with van der Waals surface area (Å²) in [7, 11) is 1.67. The summed E-state index contributed by atoms with van der Waals surface area (Å²) in [6, 6.07) is 23.3. The van der Waals surface area contributed by atoms with Gasteiger partial charge < -0.3 is 15.5 Å². The Kier molecular flexibility index (Phi) is 5.50. The third-order valence-corrected chi connectivity index (χ3v) is 4.98. The quantitative estimate of drug-likeness (QED) is 0.665. The number of rotatable bonds is 3. The number of nitrogens with zero attached hydrogens (tertiary/aromatic N) is 2. The molecule has 0 bridgehead atoms. The highest BCUT2D eigenvalue weighted by Gasteiger charge is 2.30. The van der Waals surface area contributed by atoms with E-state index in [2.05, 4.69) is 15.6 Å². The van der Waals surface area contributed by atoms with Gasteiger partial charge in [-0.3, -0.25) is 4.79 Å². The molecular formula is C23H19ClN4O2. The first-order valence-electron chi connectivity index (χ1n) is 9.36. The number of hydrogen-bond acceptors (Lipinski definition) is 3. The number of halogens is 1. The van der Waals surface area contributed by atoms with Gasteiger partial charge in [0.05, 0.1) is 11.4 Å². The van der Waals surface area contributed by atoms with Gasteiger partial charge in [-0.1, -0.05) is 66.2 Å².